The van der Waals surface area contributed by atoms with Gasteiger partial charge in [-0.15, -0.1) is 0 Å². The van der Waals surface area contributed by atoms with Crippen molar-refractivity contribution in [2.45, 2.75) is 76.5 Å². The van der Waals surface area contributed by atoms with Gasteiger partial charge in [0.1, 0.15) is 12.4 Å². The van der Waals surface area contributed by atoms with Crippen molar-refractivity contribution in [3.8, 4) is 5.75 Å². The fourth-order valence-corrected chi connectivity index (χ4v) is 5.52. The quantitative estimate of drug-likeness (QED) is 0.440. The first-order valence-electron chi connectivity index (χ1n) is 11.4. The monoisotopic (exact) mass is 427 g/mol. The molecule has 1 aromatic heterocycles. The number of alkyl halides is 3. The summed E-state index contributed by atoms with van der Waals surface area (Å²) in [5, 5.41) is 1.18. The lowest BCUT2D eigenvalue weighted by Crippen LogP contribution is -2.12. The van der Waals surface area contributed by atoms with E-state index in [9.17, 15) is 13.2 Å². The van der Waals surface area contributed by atoms with Crippen molar-refractivity contribution in [3.05, 3.63) is 64.3 Å². The summed E-state index contributed by atoms with van der Waals surface area (Å²) in [6.07, 6.45) is 2.74. The SMILES string of the molecule is CCC1CCc2c1[nH]c1ccc(OCc3ccc(C4CCCC4)c(C(F)(F)F)c3)cc21. The van der Waals surface area contributed by atoms with Crippen LogP contribution >= 0.6 is 0 Å². The molecule has 164 valence electrons. The Labute approximate surface area is 180 Å². The molecular formula is C26H28F3NO. The first kappa shape index (κ1) is 20.5. The van der Waals surface area contributed by atoms with Crippen molar-refractivity contribution < 1.29 is 17.9 Å². The number of halogens is 3. The van der Waals surface area contributed by atoms with Gasteiger partial charge in [-0.05, 0) is 84.9 Å². The van der Waals surface area contributed by atoms with Gasteiger partial charge in [0.2, 0.25) is 0 Å². The molecule has 5 heteroatoms. The lowest BCUT2D eigenvalue weighted by Gasteiger charge is -2.19. The van der Waals surface area contributed by atoms with Gasteiger partial charge in [0.15, 0.2) is 0 Å². The average Bonchev–Trinajstić information content (AvgIpc) is 3.48. The smallest absolute Gasteiger partial charge is 0.416 e. The number of rotatable bonds is 5. The molecule has 1 heterocycles. The molecule has 2 aliphatic carbocycles. The third kappa shape index (κ3) is 3.83. The fraction of sp³-hybridized carbons (Fsp3) is 0.462. The molecule has 1 fully saturated rings. The highest BCUT2D eigenvalue weighted by Crippen LogP contribution is 2.42. The van der Waals surface area contributed by atoms with E-state index in [-0.39, 0.29) is 12.5 Å². The van der Waals surface area contributed by atoms with Crippen LogP contribution in [-0.2, 0) is 19.2 Å². The maximum absolute atomic E-state index is 13.7. The van der Waals surface area contributed by atoms with E-state index >= 15 is 0 Å². The van der Waals surface area contributed by atoms with Gasteiger partial charge < -0.3 is 9.72 Å². The van der Waals surface area contributed by atoms with Crippen molar-refractivity contribution in [2.24, 2.45) is 0 Å². The van der Waals surface area contributed by atoms with Crippen molar-refractivity contribution in [1.29, 1.82) is 0 Å². The lowest BCUT2D eigenvalue weighted by atomic mass is 9.91. The molecule has 0 bridgehead atoms. The Morgan fingerprint density at radius 3 is 2.58 bits per heavy atom. The third-order valence-corrected chi connectivity index (χ3v) is 7.18. The first-order valence-corrected chi connectivity index (χ1v) is 11.4. The molecule has 1 atom stereocenters. The molecule has 2 aromatic carbocycles. The Kier molecular flexibility index (Phi) is 5.23. The number of aromatic amines is 1. The largest absolute Gasteiger partial charge is 0.489 e. The first-order chi connectivity index (χ1) is 14.9. The van der Waals surface area contributed by atoms with Crippen LogP contribution in [0.25, 0.3) is 10.9 Å². The normalized spacial score (nSPS) is 19.3. The van der Waals surface area contributed by atoms with Gasteiger partial charge in [0.25, 0.3) is 0 Å². The zero-order chi connectivity index (χ0) is 21.6. The van der Waals surface area contributed by atoms with Crippen LogP contribution in [0.4, 0.5) is 13.2 Å². The van der Waals surface area contributed by atoms with Crippen molar-refractivity contribution in [1.82, 2.24) is 4.98 Å². The molecule has 3 aromatic rings. The van der Waals surface area contributed by atoms with Crippen molar-refractivity contribution in [3.63, 3.8) is 0 Å². The van der Waals surface area contributed by atoms with Crippen LogP contribution in [0.15, 0.2) is 36.4 Å². The summed E-state index contributed by atoms with van der Waals surface area (Å²) in [6.45, 7) is 2.34. The average molecular weight is 428 g/mol. The second-order valence-electron chi connectivity index (χ2n) is 9.06. The lowest BCUT2D eigenvalue weighted by molar-refractivity contribution is -0.138. The number of ether oxygens (including phenoxy) is 1. The molecule has 2 nitrogen and oxygen atoms in total. The number of aromatic nitrogens is 1. The van der Waals surface area contributed by atoms with E-state index in [1.165, 1.54) is 29.1 Å². The number of hydrogen-bond donors (Lipinski definition) is 1. The van der Waals surface area contributed by atoms with Crippen LogP contribution in [0.3, 0.4) is 0 Å². The molecule has 0 spiro atoms. The highest BCUT2D eigenvalue weighted by atomic mass is 19.4. The van der Waals surface area contributed by atoms with Crippen molar-refractivity contribution >= 4 is 10.9 Å². The molecule has 1 saturated carbocycles. The van der Waals surface area contributed by atoms with E-state index < -0.39 is 11.7 Å². The predicted molar refractivity (Wildman–Crippen MR) is 117 cm³/mol. The summed E-state index contributed by atoms with van der Waals surface area (Å²) in [6, 6.07) is 10.7. The predicted octanol–water partition coefficient (Wildman–Crippen LogP) is 7.86. The number of fused-ring (bicyclic) bond motifs is 3. The molecule has 0 aliphatic heterocycles. The van der Waals surface area contributed by atoms with E-state index in [2.05, 4.69) is 11.9 Å². The third-order valence-electron chi connectivity index (χ3n) is 7.18. The maximum Gasteiger partial charge on any atom is 0.416 e. The zero-order valence-corrected chi connectivity index (χ0v) is 17.8. The summed E-state index contributed by atoms with van der Waals surface area (Å²) in [7, 11) is 0. The minimum Gasteiger partial charge on any atom is -0.489 e. The van der Waals surface area contributed by atoms with Crippen LogP contribution in [0.5, 0.6) is 5.75 Å². The molecule has 0 radical (unpaired) electrons. The highest BCUT2D eigenvalue weighted by Gasteiger charge is 2.36. The molecule has 5 rings (SSSR count). The van der Waals surface area contributed by atoms with Gasteiger partial charge in [-0.25, -0.2) is 0 Å². The number of H-pyrrole nitrogens is 1. The van der Waals surface area contributed by atoms with E-state index in [1.54, 1.807) is 12.1 Å². The van der Waals surface area contributed by atoms with Gasteiger partial charge >= 0.3 is 6.18 Å². The van der Waals surface area contributed by atoms with Crippen molar-refractivity contribution in [2.75, 3.05) is 0 Å². The maximum atomic E-state index is 13.7. The summed E-state index contributed by atoms with van der Waals surface area (Å²) in [5.74, 6) is 1.31. The van der Waals surface area contributed by atoms with E-state index in [4.69, 9.17) is 4.74 Å². The number of hydrogen-bond acceptors (Lipinski definition) is 1. The summed E-state index contributed by atoms with van der Waals surface area (Å²) in [5.41, 5.74) is 4.32. The number of aryl methyl sites for hydroxylation is 1. The second kappa shape index (κ2) is 7.92. The number of benzene rings is 2. The Morgan fingerprint density at radius 1 is 1.03 bits per heavy atom. The van der Waals surface area contributed by atoms with E-state index in [0.29, 0.717) is 22.8 Å². The molecular weight excluding hydrogens is 399 g/mol. The van der Waals surface area contributed by atoms with E-state index in [1.807, 2.05) is 18.2 Å². The minimum absolute atomic E-state index is 0.0247. The summed E-state index contributed by atoms with van der Waals surface area (Å²) >= 11 is 0. The van der Waals surface area contributed by atoms with E-state index in [0.717, 1.165) is 44.0 Å². The fourth-order valence-electron chi connectivity index (χ4n) is 5.52. The Hall–Kier alpha value is -2.43. The standard InChI is InChI=1S/C26H28F3NO/c1-2-17-8-11-21-22-14-19(9-12-24(22)30-25(17)21)31-15-16-7-10-20(18-5-3-4-6-18)23(13-16)26(27,28)29/h7,9-10,12-14,17-18,30H,2-6,8,11,15H2,1H3. The Balaban J connectivity index is 1.37. The van der Waals surface area contributed by atoms with Crippen LogP contribution in [0, 0.1) is 0 Å². The van der Waals surface area contributed by atoms with Gasteiger partial charge in [0, 0.05) is 16.6 Å². The minimum atomic E-state index is -4.34. The molecule has 2 aliphatic rings. The zero-order valence-electron chi connectivity index (χ0n) is 17.8. The van der Waals surface area contributed by atoms with Gasteiger partial charge in [-0.2, -0.15) is 13.2 Å². The van der Waals surface area contributed by atoms with Gasteiger partial charge in [-0.3, -0.25) is 0 Å². The molecule has 0 amide bonds. The topological polar surface area (TPSA) is 25.0 Å². The summed E-state index contributed by atoms with van der Waals surface area (Å²) in [4.78, 5) is 3.55. The molecule has 1 N–H and O–H groups in total. The molecule has 31 heavy (non-hydrogen) atoms. The van der Waals surface area contributed by atoms with Crippen LogP contribution < -0.4 is 4.74 Å². The number of nitrogens with one attached hydrogen (secondary N) is 1. The van der Waals surface area contributed by atoms with Gasteiger partial charge in [-0.1, -0.05) is 31.9 Å². The highest BCUT2D eigenvalue weighted by molar-refractivity contribution is 5.86. The molecule has 1 unspecified atom stereocenters. The summed E-state index contributed by atoms with van der Waals surface area (Å²) < 4.78 is 47.1. The Bertz CT molecular complexity index is 1090. The second-order valence-corrected chi connectivity index (χ2v) is 9.06. The van der Waals surface area contributed by atoms with Gasteiger partial charge in [0.05, 0.1) is 5.56 Å². The Morgan fingerprint density at radius 2 is 1.84 bits per heavy atom. The van der Waals surface area contributed by atoms with Crippen LogP contribution in [0.1, 0.15) is 85.2 Å². The van der Waals surface area contributed by atoms with Crippen LogP contribution in [-0.4, -0.2) is 4.98 Å². The van der Waals surface area contributed by atoms with Crippen LogP contribution in [0.2, 0.25) is 0 Å². The molecule has 0 saturated heterocycles.